The summed E-state index contributed by atoms with van der Waals surface area (Å²) in [6.07, 6.45) is 7.05. The second kappa shape index (κ2) is 6.31. The van der Waals surface area contributed by atoms with Crippen molar-refractivity contribution in [2.75, 3.05) is 7.05 Å². The average molecular weight is 285 g/mol. The van der Waals surface area contributed by atoms with Gasteiger partial charge in [-0.25, -0.2) is 14.4 Å². The minimum atomic E-state index is -0.211. The monoisotopic (exact) mass is 285 g/mol. The molecule has 1 N–H and O–H groups in total. The van der Waals surface area contributed by atoms with E-state index in [1.165, 1.54) is 24.5 Å². The van der Waals surface area contributed by atoms with E-state index in [1.807, 2.05) is 19.3 Å². The molecule has 1 aromatic carbocycles. The molecule has 1 aliphatic carbocycles. The highest BCUT2D eigenvalue weighted by atomic mass is 19.1. The van der Waals surface area contributed by atoms with E-state index in [-0.39, 0.29) is 5.82 Å². The second-order valence-corrected chi connectivity index (χ2v) is 5.58. The van der Waals surface area contributed by atoms with Gasteiger partial charge in [-0.1, -0.05) is 18.6 Å². The van der Waals surface area contributed by atoms with Crippen LogP contribution in [-0.2, 0) is 12.8 Å². The predicted molar refractivity (Wildman–Crippen MR) is 80.6 cm³/mol. The van der Waals surface area contributed by atoms with Crippen LogP contribution in [0.3, 0.4) is 0 Å². The van der Waals surface area contributed by atoms with Crippen LogP contribution in [0.15, 0.2) is 30.5 Å². The molecular weight excluding hydrogens is 265 g/mol. The van der Waals surface area contributed by atoms with Gasteiger partial charge in [0.2, 0.25) is 0 Å². The lowest BCUT2D eigenvalue weighted by atomic mass is 10.0. The number of hydrogen-bond donors (Lipinski definition) is 1. The Kier molecular flexibility index (Phi) is 4.25. The highest BCUT2D eigenvalue weighted by Gasteiger charge is 2.19. The van der Waals surface area contributed by atoms with Crippen LogP contribution in [0.25, 0.3) is 0 Å². The third-order valence-corrected chi connectivity index (χ3v) is 4.08. The van der Waals surface area contributed by atoms with Gasteiger partial charge in [-0.15, -0.1) is 0 Å². The Bertz CT molecular complexity index is 627. The van der Waals surface area contributed by atoms with Crippen LogP contribution < -0.4 is 5.32 Å². The minimum Gasteiger partial charge on any atom is -0.313 e. The first-order chi connectivity index (χ1) is 10.3. The van der Waals surface area contributed by atoms with E-state index in [4.69, 9.17) is 4.98 Å². The van der Waals surface area contributed by atoms with E-state index in [2.05, 4.69) is 10.3 Å². The maximum Gasteiger partial charge on any atom is 0.132 e. The number of fused-ring (bicyclic) bond motifs is 1. The smallest absolute Gasteiger partial charge is 0.132 e. The number of hydrogen-bond acceptors (Lipinski definition) is 3. The van der Waals surface area contributed by atoms with Gasteiger partial charge in [-0.2, -0.15) is 0 Å². The Morgan fingerprint density at radius 1 is 1.33 bits per heavy atom. The van der Waals surface area contributed by atoms with Gasteiger partial charge in [0.1, 0.15) is 11.6 Å². The van der Waals surface area contributed by atoms with Crippen molar-refractivity contribution in [2.45, 2.75) is 38.1 Å². The fourth-order valence-corrected chi connectivity index (χ4v) is 2.97. The predicted octanol–water partition coefficient (Wildman–Crippen LogP) is 3.19. The number of halogens is 1. The van der Waals surface area contributed by atoms with Crippen LogP contribution in [0, 0.1) is 5.82 Å². The fourth-order valence-electron chi connectivity index (χ4n) is 2.97. The summed E-state index contributed by atoms with van der Waals surface area (Å²) in [5, 5.41) is 3.35. The summed E-state index contributed by atoms with van der Waals surface area (Å²) in [4.78, 5) is 9.21. The first-order valence-corrected chi connectivity index (χ1v) is 7.52. The van der Waals surface area contributed by atoms with Crippen molar-refractivity contribution < 1.29 is 4.39 Å². The van der Waals surface area contributed by atoms with E-state index in [9.17, 15) is 4.39 Å². The van der Waals surface area contributed by atoms with Crippen molar-refractivity contribution in [1.29, 1.82) is 0 Å². The topological polar surface area (TPSA) is 37.8 Å². The molecule has 3 nitrogen and oxygen atoms in total. The van der Waals surface area contributed by atoms with Gasteiger partial charge in [0.05, 0.1) is 0 Å². The van der Waals surface area contributed by atoms with Crippen LogP contribution in [0.2, 0.25) is 0 Å². The number of nitrogens with one attached hydrogen (secondary N) is 1. The molecule has 0 spiro atoms. The molecule has 110 valence electrons. The van der Waals surface area contributed by atoms with Gasteiger partial charge in [0.25, 0.3) is 0 Å². The molecule has 2 aromatic rings. The first-order valence-electron chi connectivity index (χ1n) is 7.52. The van der Waals surface area contributed by atoms with Gasteiger partial charge >= 0.3 is 0 Å². The zero-order valence-corrected chi connectivity index (χ0v) is 12.3. The molecule has 1 unspecified atom stereocenters. The molecule has 0 amide bonds. The third-order valence-electron chi connectivity index (χ3n) is 4.08. The number of nitrogens with zero attached hydrogens (tertiary/aromatic N) is 2. The lowest BCUT2D eigenvalue weighted by Gasteiger charge is -2.16. The minimum absolute atomic E-state index is 0.211. The highest BCUT2D eigenvalue weighted by Crippen LogP contribution is 2.26. The van der Waals surface area contributed by atoms with Gasteiger partial charge in [0, 0.05) is 29.9 Å². The Hall–Kier alpha value is -1.81. The molecule has 0 aliphatic heterocycles. The molecule has 4 heteroatoms. The molecule has 1 heterocycles. The van der Waals surface area contributed by atoms with Crippen LogP contribution in [0.5, 0.6) is 0 Å². The van der Waals surface area contributed by atoms with Crippen molar-refractivity contribution in [3.63, 3.8) is 0 Å². The fraction of sp³-hybridized carbons (Fsp3) is 0.412. The third kappa shape index (κ3) is 3.27. The van der Waals surface area contributed by atoms with Crippen molar-refractivity contribution in [3.05, 3.63) is 58.9 Å². The van der Waals surface area contributed by atoms with Gasteiger partial charge in [-0.3, -0.25) is 0 Å². The number of aryl methyl sites for hydroxylation is 1. The second-order valence-electron chi connectivity index (χ2n) is 5.58. The largest absolute Gasteiger partial charge is 0.313 e. The summed E-state index contributed by atoms with van der Waals surface area (Å²) in [6, 6.07) is 7.00. The number of rotatable bonds is 3. The van der Waals surface area contributed by atoms with E-state index < -0.39 is 0 Å². The molecule has 0 saturated heterocycles. The van der Waals surface area contributed by atoms with Crippen molar-refractivity contribution in [1.82, 2.24) is 15.3 Å². The van der Waals surface area contributed by atoms with Gasteiger partial charge in [-0.05, 0) is 44.0 Å². The van der Waals surface area contributed by atoms with E-state index in [0.717, 1.165) is 29.9 Å². The quantitative estimate of drug-likeness (QED) is 0.880. The summed E-state index contributed by atoms with van der Waals surface area (Å²) >= 11 is 0. The molecule has 0 saturated carbocycles. The van der Waals surface area contributed by atoms with Crippen molar-refractivity contribution in [3.8, 4) is 0 Å². The number of aromatic nitrogens is 2. The molecule has 21 heavy (non-hydrogen) atoms. The lowest BCUT2D eigenvalue weighted by Crippen LogP contribution is -2.18. The standard InChI is InChI=1S/C17H20FN3/c1-19-15-7-2-3-8-16-14(15)11-20-17(21-16)10-12-5-4-6-13(18)9-12/h4-6,9,11,15,19H,2-3,7-8,10H2,1H3. The SMILES string of the molecule is CNC1CCCCc2nc(Cc3cccc(F)c3)ncc21. The Labute approximate surface area is 124 Å². The molecule has 0 radical (unpaired) electrons. The molecular formula is C17H20FN3. The van der Waals surface area contributed by atoms with Crippen LogP contribution in [0.1, 0.15) is 47.9 Å². The molecule has 1 aromatic heterocycles. The van der Waals surface area contributed by atoms with Crippen LogP contribution >= 0.6 is 0 Å². The van der Waals surface area contributed by atoms with Crippen LogP contribution in [0.4, 0.5) is 4.39 Å². The normalized spacial score (nSPS) is 18.1. The summed E-state index contributed by atoms with van der Waals surface area (Å²) < 4.78 is 13.2. The summed E-state index contributed by atoms with van der Waals surface area (Å²) in [6.45, 7) is 0. The average Bonchev–Trinajstić information content (AvgIpc) is 2.68. The summed E-state index contributed by atoms with van der Waals surface area (Å²) in [5.41, 5.74) is 3.28. The number of benzene rings is 1. The molecule has 0 bridgehead atoms. The van der Waals surface area contributed by atoms with Gasteiger partial charge in [0.15, 0.2) is 0 Å². The Morgan fingerprint density at radius 3 is 3.05 bits per heavy atom. The van der Waals surface area contributed by atoms with Crippen LogP contribution in [-0.4, -0.2) is 17.0 Å². The van der Waals surface area contributed by atoms with E-state index in [0.29, 0.717) is 12.5 Å². The summed E-state index contributed by atoms with van der Waals surface area (Å²) in [5.74, 6) is 0.564. The Balaban J connectivity index is 1.86. The summed E-state index contributed by atoms with van der Waals surface area (Å²) in [7, 11) is 1.99. The lowest BCUT2D eigenvalue weighted by molar-refractivity contribution is 0.531. The van der Waals surface area contributed by atoms with Gasteiger partial charge < -0.3 is 5.32 Å². The molecule has 1 atom stereocenters. The first kappa shape index (κ1) is 14.1. The maximum atomic E-state index is 13.2. The zero-order chi connectivity index (χ0) is 14.7. The Morgan fingerprint density at radius 2 is 2.24 bits per heavy atom. The maximum absolute atomic E-state index is 13.2. The van der Waals surface area contributed by atoms with Crippen molar-refractivity contribution in [2.24, 2.45) is 0 Å². The highest BCUT2D eigenvalue weighted by molar-refractivity contribution is 5.26. The van der Waals surface area contributed by atoms with Crippen molar-refractivity contribution >= 4 is 0 Å². The zero-order valence-electron chi connectivity index (χ0n) is 12.3. The molecule has 1 aliphatic rings. The van der Waals surface area contributed by atoms with E-state index >= 15 is 0 Å². The molecule has 0 fully saturated rings. The van der Waals surface area contributed by atoms with E-state index in [1.54, 1.807) is 12.1 Å². The molecule has 3 rings (SSSR count).